The number of carbonyl (C=O) groups is 1. The van der Waals surface area contributed by atoms with Crippen molar-refractivity contribution in [2.24, 2.45) is 0 Å². The quantitative estimate of drug-likeness (QED) is 0.741. The fraction of sp³-hybridized carbons (Fsp3) is 0.118. The number of hydrogen-bond acceptors (Lipinski definition) is 4. The zero-order valence-electron chi connectivity index (χ0n) is 12.1. The lowest BCUT2D eigenvalue weighted by atomic mass is 10.2. The van der Waals surface area contributed by atoms with Gasteiger partial charge in [0.15, 0.2) is 0 Å². The molecule has 2 heterocycles. The third-order valence-electron chi connectivity index (χ3n) is 3.27. The van der Waals surface area contributed by atoms with Gasteiger partial charge in [0.25, 0.3) is 5.91 Å². The van der Waals surface area contributed by atoms with Crippen LogP contribution in [0.2, 0.25) is 0 Å². The Morgan fingerprint density at radius 3 is 2.64 bits per heavy atom. The molecule has 0 saturated carbocycles. The van der Waals surface area contributed by atoms with E-state index in [1.165, 1.54) is 12.4 Å². The smallest absolute Gasteiger partial charge is 0.278 e. The molecule has 0 radical (unpaired) electrons. The predicted octanol–water partition coefficient (Wildman–Crippen LogP) is 3.23. The summed E-state index contributed by atoms with van der Waals surface area (Å²) in [6, 6.07) is 11.4. The highest BCUT2D eigenvalue weighted by Gasteiger charge is 2.20. The summed E-state index contributed by atoms with van der Waals surface area (Å²) < 4.78 is 5.37. The molecular weight excluding hydrogens is 278 g/mol. The first-order valence-corrected chi connectivity index (χ1v) is 6.91. The lowest BCUT2D eigenvalue weighted by Gasteiger charge is -2.21. The molecule has 0 N–H and O–H groups in total. The van der Waals surface area contributed by atoms with E-state index < -0.39 is 0 Å². The van der Waals surface area contributed by atoms with E-state index in [-0.39, 0.29) is 5.91 Å². The number of furan rings is 1. The molecule has 0 aliphatic carbocycles. The van der Waals surface area contributed by atoms with Crippen molar-refractivity contribution in [3.8, 4) is 0 Å². The van der Waals surface area contributed by atoms with E-state index in [1.54, 1.807) is 23.4 Å². The van der Waals surface area contributed by atoms with Crippen LogP contribution in [-0.4, -0.2) is 15.9 Å². The molecule has 110 valence electrons. The summed E-state index contributed by atoms with van der Waals surface area (Å²) in [5.74, 6) is 0.492. The Bertz CT molecular complexity index is 737. The summed E-state index contributed by atoms with van der Waals surface area (Å²) in [6.07, 6.45) is 6.11. The van der Waals surface area contributed by atoms with Gasteiger partial charge in [0, 0.05) is 18.1 Å². The predicted molar refractivity (Wildman–Crippen MR) is 82.4 cm³/mol. The molecule has 1 amide bonds. The van der Waals surface area contributed by atoms with Crippen molar-refractivity contribution >= 4 is 11.6 Å². The van der Waals surface area contributed by atoms with Gasteiger partial charge in [-0.25, -0.2) is 4.98 Å². The van der Waals surface area contributed by atoms with Crippen molar-refractivity contribution in [2.45, 2.75) is 13.5 Å². The maximum Gasteiger partial charge on any atom is 0.278 e. The molecule has 0 aliphatic heterocycles. The average molecular weight is 293 g/mol. The molecule has 0 spiro atoms. The van der Waals surface area contributed by atoms with Crippen molar-refractivity contribution in [1.82, 2.24) is 9.97 Å². The summed E-state index contributed by atoms with van der Waals surface area (Å²) in [7, 11) is 0. The van der Waals surface area contributed by atoms with Crippen molar-refractivity contribution < 1.29 is 9.21 Å². The van der Waals surface area contributed by atoms with Gasteiger partial charge in [0.1, 0.15) is 11.5 Å². The Morgan fingerprint density at radius 1 is 1.18 bits per heavy atom. The van der Waals surface area contributed by atoms with Crippen molar-refractivity contribution in [1.29, 1.82) is 0 Å². The van der Waals surface area contributed by atoms with Crippen LogP contribution in [-0.2, 0) is 6.54 Å². The topological polar surface area (TPSA) is 59.2 Å². The Morgan fingerprint density at radius 2 is 2.00 bits per heavy atom. The third kappa shape index (κ3) is 3.03. The standard InChI is InChI=1S/C17H15N3O2/c1-13-4-6-14(7-5-13)20(12-15-3-2-10-22-15)17(21)16-11-18-8-9-19-16/h2-11H,12H2,1H3. The molecule has 5 heteroatoms. The normalized spacial score (nSPS) is 10.4. The number of hydrogen-bond donors (Lipinski definition) is 0. The van der Waals surface area contributed by atoms with E-state index in [0.29, 0.717) is 18.0 Å². The minimum atomic E-state index is -0.214. The summed E-state index contributed by atoms with van der Waals surface area (Å²) >= 11 is 0. The highest BCUT2D eigenvalue weighted by Crippen LogP contribution is 2.20. The minimum Gasteiger partial charge on any atom is -0.467 e. The molecular formula is C17H15N3O2. The van der Waals surface area contributed by atoms with Crippen LogP contribution in [0.15, 0.2) is 65.7 Å². The van der Waals surface area contributed by atoms with Gasteiger partial charge in [-0.1, -0.05) is 17.7 Å². The Labute approximate surface area is 128 Å². The second-order valence-corrected chi connectivity index (χ2v) is 4.90. The Hall–Kier alpha value is -2.95. The zero-order valence-corrected chi connectivity index (χ0v) is 12.1. The number of aromatic nitrogens is 2. The SMILES string of the molecule is Cc1ccc(N(Cc2ccco2)C(=O)c2cnccn2)cc1. The number of aryl methyl sites for hydroxylation is 1. The van der Waals surface area contributed by atoms with Gasteiger partial charge in [-0.15, -0.1) is 0 Å². The third-order valence-corrected chi connectivity index (χ3v) is 3.27. The van der Waals surface area contributed by atoms with Gasteiger partial charge >= 0.3 is 0 Å². The molecule has 5 nitrogen and oxygen atoms in total. The van der Waals surface area contributed by atoms with Crippen LogP contribution >= 0.6 is 0 Å². The van der Waals surface area contributed by atoms with Crippen molar-refractivity contribution in [3.05, 3.63) is 78.3 Å². The monoisotopic (exact) mass is 293 g/mol. The number of rotatable bonds is 4. The highest BCUT2D eigenvalue weighted by atomic mass is 16.3. The van der Waals surface area contributed by atoms with Crippen LogP contribution < -0.4 is 4.90 Å². The lowest BCUT2D eigenvalue weighted by molar-refractivity contribution is 0.0978. The van der Waals surface area contributed by atoms with E-state index in [2.05, 4.69) is 9.97 Å². The first kappa shape index (κ1) is 14.0. The molecule has 3 rings (SSSR count). The van der Waals surface area contributed by atoms with Gasteiger partial charge in [-0.3, -0.25) is 14.7 Å². The number of benzene rings is 1. The van der Waals surface area contributed by atoms with Gasteiger partial charge in [-0.05, 0) is 31.2 Å². The first-order valence-electron chi connectivity index (χ1n) is 6.91. The van der Waals surface area contributed by atoms with E-state index >= 15 is 0 Å². The maximum absolute atomic E-state index is 12.7. The van der Waals surface area contributed by atoms with Crippen LogP contribution in [0, 0.1) is 6.92 Å². The van der Waals surface area contributed by atoms with E-state index in [4.69, 9.17) is 4.42 Å². The van der Waals surface area contributed by atoms with Crippen LogP contribution in [0.1, 0.15) is 21.8 Å². The zero-order chi connectivity index (χ0) is 15.4. The van der Waals surface area contributed by atoms with Crippen molar-refractivity contribution in [3.63, 3.8) is 0 Å². The lowest BCUT2D eigenvalue weighted by Crippen LogP contribution is -2.31. The fourth-order valence-electron chi connectivity index (χ4n) is 2.11. The van der Waals surface area contributed by atoms with Crippen molar-refractivity contribution in [2.75, 3.05) is 4.90 Å². The second-order valence-electron chi connectivity index (χ2n) is 4.90. The number of amides is 1. The molecule has 0 atom stereocenters. The number of nitrogens with zero attached hydrogens (tertiary/aromatic N) is 3. The highest BCUT2D eigenvalue weighted by molar-refractivity contribution is 6.04. The largest absolute Gasteiger partial charge is 0.467 e. The summed E-state index contributed by atoms with van der Waals surface area (Å²) in [4.78, 5) is 22.4. The minimum absolute atomic E-state index is 0.214. The Kier molecular flexibility index (Phi) is 3.96. The van der Waals surface area contributed by atoms with Gasteiger partial charge < -0.3 is 4.42 Å². The van der Waals surface area contributed by atoms with E-state index in [0.717, 1.165) is 11.3 Å². The second kappa shape index (κ2) is 6.22. The summed E-state index contributed by atoms with van der Waals surface area (Å²) in [6.45, 7) is 2.34. The molecule has 0 unspecified atom stereocenters. The molecule has 22 heavy (non-hydrogen) atoms. The molecule has 0 saturated heterocycles. The number of anilines is 1. The summed E-state index contributed by atoms with van der Waals surface area (Å²) in [5.41, 5.74) is 2.22. The molecule has 0 fully saturated rings. The van der Waals surface area contributed by atoms with E-state index in [1.807, 2.05) is 37.3 Å². The average Bonchev–Trinajstić information content (AvgIpc) is 3.07. The molecule has 2 aromatic heterocycles. The fourth-order valence-corrected chi connectivity index (χ4v) is 2.11. The van der Waals surface area contributed by atoms with Gasteiger partial charge in [0.2, 0.25) is 0 Å². The van der Waals surface area contributed by atoms with E-state index in [9.17, 15) is 4.79 Å². The molecule has 0 aliphatic rings. The van der Waals surface area contributed by atoms with Crippen LogP contribution in [0.25, 0.3) is 0 Å². The van der Waals surface area contributed by atoms with Gasteiger partial charge in [0.05, 0.1) is 19.0 Å². The number of carbonyl (C=O) groups excluding carboxylic acids is 1. The Balaban J connectivity index is 1.95. The maximum atomic E-state index is 12.7. The molecule has 3 aromatic rings. The van der Waals surface area contributed by atoms with Crippen LogP contribution in [0.4, 0.5) is 5.69 Å². The molecule has 1 aromatic carbocycles. The van der Waals surface area contributed by atoms with Gasteiger partial charge in [-0.2, -0.15) is 0 Å². The van der Waals surface area contributed by atoms with Crippen LogP contribution in [0.5, 0.6) is 0 Å². The summed E-state index contributed by atoms with van der Waals surface area (Å²) in [5, 5.41) is 0. The first-order chi connectivity index (χ1) is 10.7. The molecule has 0 bridgehead atoms. The van der Waals surface area contributed by atoms with Crippen LogP contribution in [0.3, 0.4) is 0 Å².